The highest BCUT2D eigenvalue weighted by molar-refractivity contribution is 5.81. The summed E-state index contributed by atoms with van der Waals surface area (Å²) in [6, 6.07) is 0. The maximum Gasteiger partial charge on any atom is 0.330 e. The molecule has 3 nitrogen and oxygen atoms in total. The van der Waals surface area contributed by atoms with Crippen LogP contribution in [0.15, 0.2) is 12.7 Å². The van der Waals surface area contributed by atoms with Gasteiger partial charge in [0.25, 0.3) is 0 Å². The van der Waals surface area contributed by atoms with E-state index in [1.165, 1.54) is 18.9 Å². The molecule has 0 rings (SSSR count). The van der Waals surface area contributed by atoms with Crippen molar-refractivity contribution in [2.45, 2.75) is 32.6 Å². The van der Waals surface area contributed by atoms with E-state index < -0.39 is 0 Å². The molecule has 3 heteroatoms. The lowest BCUT2D eigenvalue weighted by Crippen LogP contribution is -2.01. The predicted octanol–water partition coefficient (Wildman–Crippen LogP) is 1.90. The normalized spacial score (nSPS) is 8.23. The van der Waals surface area contributed by atoms with E-state index in [-0.39, 0.29) is 5.97 Å². The van der Waals surface area contributed by atoms with Gasteiger partial charge in [0, 0.05) is 13.2 Å². The summed E-state index contributed by atoms with van der Waals surface area (Å²) in [5.74, 6) is -0.318. The van der Waals surface area contributed by atoms with Crippen LogP contribution in [-0.4, -0.2) is 24.8 Å². The zero-order valence-electron chi connectivity index (χ0n) is 8.58. The van der Waals surface area contributed by atoms with E-state index in [9.17, 15) is 4.79 Å². The van der Waals surface area contributed by atoms with Gasteiger partial charge in [-0.05, 0) is 6.42 Å². The molecule has 0 spiro atoms. The minimum absolute atomic E-state index is 0.318. The molecule has 0 fully saturated rings. The van der Waals surface area contributed by atoms with Crippen molar-refractivity contribution in [2.75, 3.05) is 13.7 Å². The lowest BCUT2D eigenvalue weighted by Gasteiger charge is -1.99. The number of aliphatic hydroxyl groups is 1. The molecule has 0 unspecified atom stereocenters. The minimum atomic E-state index is -0.318. The van der Waals surface area contributed by atoms with Crippen molar-refractivity contribution in [2.24, 2.45) is 0 Å². The van der Waals surface area contributed by atoms with Gasteiger partial charge in [-0.2, -0.15) is 0 Å². The van der Waals surface area contributed by atoms with Gasteiger partial charge < -0.3 is 9.84 Å². The maximum atomic E-state index is 10.5. The van der Waals surface area contributed by atoms with Crippen molar-refractivity contribution < 1.29 is 14.6 Å². The Hall–Kier alpha value is -0.830. The molecule has 0 bridgehead atoms. The van der Waals surface area contributed by atoms with Crippen LogP contribution in [0.1, 0.15) is 32.6 Å². The number of ether oxygens (including phenoxy) is 1. The van der Waals surface area contributed by atoms with Gasteiger partial charge in [-0.25, -0.2) is 4.79 Å². The number of aliphatic hydroxyl groups excluding tert-OH is 1. The Morgan fingerprint density at radius 2 is 2.00 bits per heavy atom. The zero-order valence-corrected chi connectivity index (χ0v) is 8.58. The summed E-state index contributed by atoms with van der Waals surface area (Å²) in [4.78, 5) is 10.5. The Morgan fingerprint density at radius 1 is 1.38 bits per heavy atom. The van der Waals surface area contributed by atoms with Crippen molar-refractivity contribution in [1.29, 1.82) is 0 Å². The van der Waals surface area contributed by atoms with Crippen molar-refractivity contribution in [3.63, 3.8) is 0 Å². The van der Waals surface area contributed by atoms with Crippen LogP contribution in [0.3, 0.4) is 0 Å². The van der Waals surface area contributed by atoms with Gasteiger partial charge in [0.15, 0.2) is 0 Å². The Kier molecular flexibility index (Phi) is 15.5. The molecular formula is C10H20O3. The van der Waals surface area contributed by atoms with Crippen LogP contribution in [0.4, 0.5) is 0 Å². The SMILES string of the molecule is C=CC(=O)OCCCCCC.CO. The topological polar surface area (TPSA) is 46.5 Å². The lowest BCUT2D eigenvalue weighted by molar-refractivity contribution is -0.137. The van der Waals surface area contributed by atoms with E-state index in [0.717, 1.165) is 20.0 Å². The lowest BCUT2D eigenvalue weighted by atomic mass is 10.2. The first-order valence-electron chi connectivity index (χ1n) is 4.55. The fraction of sp³-hybridized carbons (Fsp3) is 0.700. The molecule has 78 valence electrons. The molecule has 13 heavy (non-hydrogen) atoms. The Bertz CT molecular complexity index is 121. The van der Waals surface area contributed by atoms with Gasteiger partial charge in [-0.15, -0.1) is 0 Å². The first kappa shape index (κ1) is 14.7. The van der Waals surface area contributed by atoms with Gasteiger partial charge in [0.2, 0.25) is 0 Å². The quantitative estimate of drug-likeness (QED) is 0.393. The number of hydrogen-bond acceptors (Lipinski definition) is 3. The molecule has 0 radical (unpaired) electrons. The number of esters is 1. The molecule has 0 aromatic heterocycles. The molecule has 0 amide bonds. The highest BCUT2D eigenvalue weighted by atomic mass is 16.5. The minimum Gasteiger partial charge on any atom is -0.463 e. The van der Waals surface area contributed by atoms with Gasteiger partial charge >= 0.3 is 5.97 Å². The largest absolute Gasteiger partial charge is 0.463 e. The summed E-state index contributed by atoms with van der Waals surface area (Å²) >= 11 is 0. The van der Waals surface area contributed by atoms with E-state index >= 15 is 0 Å². The third kappa shape index (κ3) is 14.1. The zero-order chi connectivity index (χ0) is 10.5. The van der Waals surface area contributed by atoms with Crippen LogP contribution in [0.25, 0.3) is 0 Å². The summed E-state index contributed by atoms with van der Waals surface area (Å²) < 4.78 is 4.78. The number of carbonyl (C=O) groups excluding carboxylic acids is 1. The van der Waals surface area contributed by atoms with Crippen LogP contribution >= 0.6 is 0 Å². The second-order valence-electron chi connectivity index (χ2n) is 2.43. The first-order valence-corrected chi connectivity index (χ1v) is 4.55. The van der Waals surface area contributed by atoms with E-state index in [4.69, 9.17) is 9.84 Å². The highest BCUT2D eigenvalue weighted by Crippen LogP contribution is 1.98. The molecule has 0 aromatic rings. The molecule has 0 saturated carbocycles. The van der Waals surface area contributed by atoms with Crippen molar-refractivity contribution in [1.82, 2.24) is 0 Å². The monoisotopic (exact) mass is 188 g/mol. The van der Waals surface area contributed by atoms with Crippen molar-refractivity contribution in [3.05, 3.63) is 12.7 Å². The first-order chi connectivity index (χ1) is 6.31. The third-order valence-electron chi connectivity index (χ3n) is 1.41. The van der Waals surface area contributed by atoms with Crippen LogP contribution in [0.5, 0.6) is 0 Å². The molecule has 0 heterocycles. The number of carbonyl (C=O) groups is 1. The van der Waals surface area contributed by atoms with E-state index in [1.807, 2.05) is 0 Å². The van der Waals surface area contributed by atoms with E-state index in [0.29, 0.717) is 6.61 Å². The molecule has 0 aromatic carbocycles. The predicted molar refractivity (Wildman–Crippen MR) is 53.4 cm³/mol. The number of rotatable bonds is 6. The second kappa shape index (κ2) is 13.7. The van der Waals surface area contributed by atoms with E-state index in [1.54, 1.807) is 0 Å². The third-order valence-corrected chi connectivity index (χ3v) is 1.41. The Morgan fingerprint density at radius 3 is 2.46 bits per heavy atom. The smallest absolute Gasteiger partial charge is 0.330 e. The fourth-order valence-corrected chi connectivity index (χ4v) is 0.761. The molecule has 0 atom stereocenters. The number of unbranched alkanes of at least 4 members (excludes halogenated alkanes) is 3. The molecule has 0 aliphatic rings. The fourth-order valence-electron chi connectivity index (χ4n) is 0.761. The summed E-state index contributed by atoms with van der Waals surface area (Å²) in [6.45, 7) is 5.98. The molecule has 0 aliphatic carbocycles. The molecular weight excluding hydrogens is 168 g/mol. The molecule has 0 saturated heterocycles. The standard InChI is InChI=1S/C9H16O2.CH4O/c1-3-5-6-7-8-11-9(10)4-2;1-2/h4H,2-3,5-8H2,1H3;2H,1H3. The van der Waals surface area contributed by atoms with Crippen LogP contribution in [0.2, 0.25) is 0 Å². The summed E-state index contributed by atoms with van der Waals surface area (Å²) in [5.41, 5.74) is 0. The van der Waals surface area contributed by atoms with E-state index in [2.05, 4.69) is 13.5 Å². The van der Waals surface area contributed by atoms with Crippen molar-refractivity contribution >= 4 is 5.97 Å². The van der Waals surface area contributed by atoms with Crippen molar-refractivity contribution in [3.8, 4) is 0 Å². The van der Waals surface area contributed by atoms with Crippen LogP contribution in [0, 0.1) is 0 Å². The summed E-state index contributed by atoms with van der Waals surface area (Å²) in [6.07, 6.45) is 5.72. The average molecular weight is 188 g/mol. The molecule has 1 N–H and O–H groups in total. The van der Waals surface area contributed by atoms with Gasteiger partial charge in [-0.3, -0.25) is 0 Å². The van der Waals surface area contributed by atoms with Crippen LogP contribution in [-0.2, 0) is 9.53 Å². The molecule has 0 aliphatic heterocycles. The Labute approximate surface area is 80.4 Å². The number of hydrogen-bond donors (Lipinski definition) is 1. The summed E-state index contributed by atoms with van der Waals surface area (Å²) in [7, 11) is 1.00. The van der Waals surface area contributed by atoms with Gasteiger partial charge in [-0.1, -0.05) is 32.8 Å². The van der Waals surface area contributed by atoms with Gasteiger partial charge in [0.05, 0.1) is 6.61 Å². The average Bonchev–Trinajstić information content (AvgIpc) is 2.20. The van der Waals surface area contributed by atoms with Gasteiger partial charge in [0.1, 0.15) is 0 Å². The maximum absolute atomic E-state index is 10.5. The second-order valence-corrected chi connectivity index (χ2v) is 2.43. The van der Waals surface area contributed by atoms with Crippen LogP contribution < -0.4 is 0 Å². The highest BCUT2D eigenvalue weighted by Gasteiger charge is 1.93. The Balaban J connectivity index is 0. The summed E-state index contributed by atoms with van der Waals surface area (Å²) in [5, 5.41) is 7.00.